The van der Waals surface area contributed by atoms with E-state index in [1.54, 1.807) is 0 Å². The van der Waals surface area contributed by atoms with Crippen molar-refractivity contribution in [2.45, 2.75) is 43.9 Å². The molecule has 0 bridgehead atoms. The van der Waals surface area contributed by atoms with Crippen molar-refractivity contribution in [3.05, 3.63) is 29.8 Å². The molecule has 0 radical (unpaired) electrons. The van der Waals surface area contributed by atoms with Crippen molar-refractivity contribution >= 4 is 27.7 Å². The number of piperidine rings is 2. The van der Waals surface area contributed by atoms with Gasteiger partial charge in [-0.2, -0.15) is 4.31 Å². The minimum absolute atomic E-state index is 0.0629. The van der Waals surface area contributed by atoms with Crippen LogP contribution in [0.25, 0.3) is 0 Å². The number of hydrogen-bond donors (Lipinski definition) is 0. The molecule has 9 nitrogen and oxygen atoms in total. The van der Waals surface area contributed by atoms with Gasteiger partial charge >= 0.3 is 6.03 Å². The molecule has 3 amide bonds. The molecule has 3 heterocycles. The highest BCUT2D eigenvalue weighted by molar-refractivity contribution is 7.89. The Labute approximate surface area is 201 Å². The number of Topliss-reactive ketones (excluding diaryl/α,β-unsaturated/α-hetero) is 1. The number of sulfonamides is 1. The summed E-state index contributed by atoms with van der Waals surface area (Å²) >= 11 is 0. The van der Waals surface area contributed by atoms with Crippen molar-refractivity contribution in [3.63, 3.8) is 0 Å². The SMILES string of the molecule is CC(=O)c1ccc(S(=O)(=O)N2CCC(C(=O)N3CCN(C(=O)N4CCCCC4)CC3)CC2)cc1. The lowest BCUT2D eigenvalue weighted by atomic mass is 9.96. The fourth-order valence-electron chi connectivity index (χ4n) is 5.02. The maximum absolute atomic E-state index is 13.1. The van der Waals surface area contributed by atoms with Crippen LogP contribution in [-0.2, 0) is 14.8 Å². The molecule has 34 heavy (non-hydrogen) atoms. The largest absolute Gasteiger partial charge is 0.339 e. The van der Waals surface area contributed by atoms with Crippen LogP contribution in [0, 0.1) is 5.92 Å². The molecule has 0 saturated carbocycles. The molecule has 186 valence electrons. The first kappa shape index (κ1) is 24.7. The first-order valence-corrected chi connectivity index (χ1v) is 13.6. The lowest BCUT2D eigenvalue weighted by Gasteiger charge is -2.40. The predicted octanol–water partition coefficient (Wildman–Crippen LogP) is 2.04. The number of rotatable bonds is 4. The van der Waals surface area contributed by atoms with Crippen LogP contribution in [0.3, 0.4) is 0 Å². The van der Waals surface area contributed by atoms with Gasteiger partial charge in [0.25, 0.3) is 0 Å². The number of likely N-dealkylation sites (tertiary alicyclic amines) is 1. The lowest BCUT2D eigenvalue weighted by molar-refractivity contribution is -0.138. The van der Waals surface area contributed by atoms with Gasteiger partial charge in [-0.1, -0.05) is 12.1 Å². The number of hydrogen-bond acceptors (Lipinski definition) is 5. The van der Waals surface area contributed by atoms with Gasteiger partial charge in [-0.25, -0.2) is 13.2 Å². The summed E-state index contributed by atoms with van der Waals surface area (Å²) in [4.78, 5) is 43.0. The van der Waals surface area contributed by atoms with E-state index in [4.69, 9.17) is 0 Å². The van der Waals surface area contributed by atoms with Gasteiger partial charge in [-0.15, -0.1) is 0 Å². The van der Waals surface area contributed by atoms with Crippen LogP contribution in [0.5, 0.6) is 0 Å². The zero-order valence-corrected chi connectivity index (χ0v) is 20.6. The standard InChI is InChI=1S/C24H34N4O5S/c1-19(29)20-5-7-22(8-6-20)34(32,33)28-13-9-21(10-14-28)23(30)25-15-17-27(18-16-25)24(31)26-11-3-2-4-12-26/h5-8,21H,2-4,9-18H2,1H3. The average molecular weight is 491 g/mol. The Morgan fingerprint density at radius 1 is 0.735 bits per heavy atom. The Bertz CT molecular complexity index is 1000. The number of nitrogens with zero attached hydrogens (tertiary/aromatic N) is 4. The topological polar surface area (TPSA) is 98.3 Å². The predicted molar refractivity (Wildman–Crippen MR) is 127 cm³/mol. The molecule has 3 saturated heterocycles. The van der Waals surface area contributed by atoms with E-state index in [9.17, 15) is 22.8 Å². The molecule has 1 aromatic carbocycles. The van der Waals surface area contributed by atoms with Gasteiger partial charge in [0.15, 0.2) is 5.78 Å². The Kier molecular flexibility index (Phi) is 7.57. The molecule has 0 aliphatic carbocycles. The summed E-state index contributed by atoms with van der Waals surface area (Å²) in [6.07, 6.45) is 4.26. The molecule has 0 spiro atoms. The lowest BCUT2D eigenvalue weighted by Crippen LogP contribution is -2.56. The van der Waals surface area contributed by atoms with Crippen LogP contribution in [0.2, 0.25) is 0 Å². The molecular formula is C24H34N4O5S. The number of ketones is 1. The Morgan fingerprint density at radius 2 is 1.26 bits per heavy atom. The molecule has 4 rings (SSSR count). The summed E-state index contributed by atoms with van der Waals surface area (Å²) in [7, 11) is -3.66. The number of benzene rings is 1. The van der Waals surface area contributed by atoms with Gasteiger partial charge in [0, 0.05) is 63.8 Å². The van der Waals surface area contributed by atoms with Gasteiger partial charge in [0.1, 0.15) is 0 Å². The molecule has 0 aromatic heterocycles. The molecular weight excluding hydrogens is 456 g/mol. The fourth-order valence-corrected chi connectivity index (χ4v) is 6.49. The van der Waals surface area contributed by atoms with Crippen LogP contribution >= 0.6 is 0 Å². The first-order chi connectivity index (χ1) is 16.3. The second-order valence-electron chi connectivity index (χ2n) is 9.40. The second-order valence-corrected chi connectivity index (χ2v) is 11.3. The van der Waals surface area contributed by atoms with Crippen molar-refractivity contribution in [3.8, 4) is 0 Å². The Morgan fingerprint density at radius 3 is 1.82 bits per heavy atom. The van der Waals surface area contributed by atoms with Crippen LogP contribution in [0.15, 0.2) is 29.2 Å². The number of carbonyl (C=O) groups is 3. The van der Waals surface area contributed by atoms with Gasteiger partial charge in [-0.3, -0.25) is 9.59 Å². The third-order valence-electron chi connectivity index (χ3n) is 7.19. The molecule has 3 aliphatic rings. The van der Waals surface area contributed by atoms with E-state index >= 15 is 0 Å². The minimum atomic E-state index is -3.66. The molecule has 10 heteroatoms. The summed E-state index contributed by atoms with van der Waals surface area (Å²) in [5, 5.41) is 0. The van der Waals surface area contributed by atoms with Gasteiger partial charge in [0.05, 0.1) is 4.90 Å². The minimum Gasteiger partial charge on any atom is -0.339 e. The van der Waals surface area contributed by atoms with Crippen molar-refractivity contribution in [1.82, 2.24) is 19.0 Å². The van der Waals surface area contributed by atoms with Crippen molar-refractivity contribution in [2.75, 3.05) is 52.4 Å². The zero-order valence-electron chi connectivity index (χ0n) is 19.8. The summed E-state index contributed by atoms with van der Waals surface area (Å²) in [6, 6.07) is 6.08. The third kappa shape index (κ3) is 5.27. The second kappa shape index (κ2) is 10.4. The maximum atomic E-state index is 13.1. The van der Waals surface area contributed by atoms with Crippen LogP contribution < -0.4 is 0 Å². The van der Waals surface area contributed by atoms with Crippen molar-refractivity contribution in [1.29, 1.82) is 0 Å². The van der Waals surface area contributed by atoms with E-state index in [-0.39, 0.29) is 28.5 Å². The van der Waals surface area contributed by atoms with Gasteiger partial charge in [0.2, 0.25) is 15.9 Å². The van der Waals surface area contributed by atoms with Crippen molar-refractivity contribution < 1.29 is 22.8 Å². The highest BCUT2D eigenvalue weighted by Crippen LogP contribution is 2.26. The number of piperazine rings is 1. The summed E-state index contributed by atoms with van der Waals surface area (Å²) in [5.41, 5.74) is 0.473. The monoisotopic (exact) mass is 490 g/mol. The molecule has 0 unspecified atom stereocenters. The highest BCUT2D eigenvalue weighted by Gasteiger charge is 2.35. The molecule has 3 aliphatic heterocycles. The Balaban J connectivity index is 1.27. The zero-order chi connectivity index (χ0) is 24.3. The molecule has 3 fully saturated rings. The average Bonchev–Trinajstić information content (AvgIpc) is 2.88. The van der Waals surface area contributed by atoms with Crippen LogP contribution in [0.4, 0.5) is 4.79 Å². The van der Waals surface area contributed by atoms with E-state index in [1.165, 1.54) is 41.9 Å². The quantitative estimate of drug-likeness (QED) is 0.602. The molecule has 1 aromatic rings. The Hall–Kier alpha value is -2.46. The molecule has 0 N–H and O–H groups in total. The number of urea groups is 1. The maximum Gasteiger partial charge on any atom is 0.320 e. The highest BCUT2D eigenvalue weighted by atomic mass is 32.2. The van der Waals surface area contributed by atoms with Crippen molar-refractivity contribution in [2.24, 2.45) is 5.92 Å². The van der Waals surface area contributed by atoms with Gasteiger partial charge in [-0.05, 0) is 51.2 Å². The van der Waals surface area contributed by atoms with Gasteiger partial charge < -0.3 is 14.7 Å². The summed E-state index contributed by atoms with van der Waals surface area (Å²) < 4.78 is 27.4. The van der Waals surface area contributed by atoms with E-state index in [1.807, 2.05) is 14.7 Å². The van der Waals surface area contributed by atoms with E-state index < -0.39 is 10.0 Å². The number of amides is 3. The first-order valence-electron chi connectivity index (χ1n) is 12.2. The van der Waals surface area contributed by atoms with Crippen LogP contribution in [0.1, 0.15) is 49.4 Å². The molecule has 0 atom stereocenters. The van der Waals surface area contributed by atoms with E-state index in [0.717, 1.165) is 25.9 Å². The third-order valence-corrected chi connectivity index (χ3v) is 9.10. The van der Waals surface area contributed by atoms with E-state index in [2.05, 4.69) is 0 Å². The van der Waals surface area contributed by atoms with Crippen LogP contribution in [-0.4, -0.2) is 97.5 Å². The fraction of sp³-hybridized carbons (Fsp3) is 0.625. The summed E-state index contributed by atoms with van der Waals surface area (Å²) in [5.74, 6) is -0.246. The smallest absolute Gasteiger partial charge is 0.320 e. The summed E-state index contributed by atoms with van der Waals surface area (Å²) in [6.45, 7) is 5.81. The normalized spacial score (nSPS) is 20.9. The number of carbonyl (C=O) groups excluding carboxylic acids is 3. The van der Waals surface area contributed by atoms with E-state index in [0.29, 0.717) is 57.7 Å².